The molecule has 0 aliphatic carbocycles. The summed E-state index contributed by atoms with van der Waals surface area (Å²) in [6.45, 7) is 4.35. The molecule has 1 aromatic rings. The van der Waals surface area contributed by atoms with Crippen LogP contribution >= 0.6 is 11.8 Å². The Kier molecular flexibility index (Phi) is 6.45. The van der Waals surface area contributed by atoms with E-state index < -0.39 is 0 Å². The third-order valence-corrected chi connectivity index (χ3v) is 5.01. The fraction of sp³-hybridized carbons (Fsp3) is 0.529. The van der Waals surface area contributed by atoms with E-state index in [9.17, 15) is 14.0 Å². The summed E-state index contributed by atoms with van der Waals surface area (Å²) in [6, 6.07) is 6.14. The third kappa shape index (κ3) is 4.96. The molecule has 0 spiro atoms. The lowest BCUT2D eigenvalue weighted by Gasteiger charge is -2.24. The maximum Gasteiger partial charge on any atom is 0.235 e. The molecule has 0 saturated carbocycles. The molecule has 1 fully saturated rings. The molecule has 0 aromatic heterocycles. The van der Waals surface area contributed by atoms with Crippen LogP contribution < -0.4 is 0 Å². The summed E-state index contributed by atoms with van der Waals surface area (Å²) >= 11 is 1.54. The van der Waals surface area contributed by atoms with Crippen LogP contribution in [0.5, 0.6) is 0 Å². The molecule has 6 heteroatoms. The van der Waals surface area contributed by atoms with E-state index in [1.165, 1.54) is 23.9 Å². The number of carbonyl (C=O) groups is 2. The number of nitrogens with zero attached hydrogens (tertiary/aromatic N) is 2. The molecule has 4 nitrogen and oxygen atoms in total. The minimum atomic E-state index is -0.325. The van der Waals surface area contributed by atoms with Crippen molar-refractivity contribution in [2.75, 3.05) is 32.4 Å². The minimum Gasteiger partial charge on any atom is -0.341 e. The van der Waals surface area contributed by atoms with E-state index in [1.807, 2.05) is 18.1 Å². The van der Waals surface area contributed by atoms with Crippen molar-refractivity contribution in [3.8, 4) is 0 Å². The van der Waals surface area contributed by atoms with Crippen LogP contribution in [0.2, 0.25) is 0 Å². The van der Waals surface area contributed by atoms with Crippen LogP contribution in [0.4, 0.5) is 4.39 Å². The summed E-state index contributed by atoms with van der Waals surface area (Å²) in [6.07, 6.45) is 2.91. The minimum absolute atomic E-state index is 0.0113. The number of amides is 2. The zero-order valence-electron chi connectivity index (χ0n) is 13.6. The van der Waals surface area contributed by atoms with Crippen LogP contribution in [0.1, 0.15) is 18.9 Å². The average Bonchev–Trinajstić information content (AvgIpc) is 2.79. The third-order valence-electron chi connectivity index (χ3n) is 4.11. The van der Waals surface area contributed by atoms with Crippen molar-refractivity contribution in [1.29, 1.82) is 0 Å². The van der Waals surface area contributed by atoms with Crippen molar-refractivity contribution < 1.29 is 14.0 Å². The first-order chi connectivity index (χ1) is 11.0. The number of hydrogen-bond donors (Lipinski definition) is 0. The number of hydrogen-bond acceptors (Lipinski definition) is 3. The second kappa shape index (κ2) is 8.34. The van der Waals surface area contributed by atoms with Gasteiger partial charge in [-0.1, -0.05) is 12.1 Å². The van der Waals surface area contributed by atoms with Gasteiger partial charge in [-0.2, -0.15) is 11.8 Å². The number of thioether (sulfide) groups is 1. The predicted molar refractivity (Wildman–Crippen MR) is 90.9 cm³/mol. The molecule has 23 heavy (non-hydrogen) atoms. The molecular weight excluding hydrogens is 315 g/mol. The molecule has 2 amide bonds. The smallest absolute Gasteiger partial charge is 0.235 e. The van der Waals surface area contributed by atoms with Gasteiger partial charge in [-0.25, -0.2) is 4.39 Å². The van der Waals surface area contributed by atoms with Crippen molar-refractivity contribution in [3.05, 3.63) is 35.6 Å². The van der Waals surface area contributed by atoms with Crippen molar-refractivity contribution in [1.82, 2.24) is 9.80 Å². The lowest BCUT2D eigenvalue weighted by atomic mass is 10.1. The monoisotopic (exact) mass is 338 g/mol. The lowest BCUT2D eigenvalue weighted by molar-refractivity contribution is -0.132. The van der Waals surface area contributed by atoms with Crippen LogP contribution in [-0.4, -0.2) is 59.3 Å². The molecule has 1 saturated heterocycles. The Bertz CT molecular complexity index is 567. The van der Waals surface area contributed by atoms with E-state index in [0.717, 1.165) is 6.42 Å². The zero-order valence-corrected chi connectivity index (χ0v) is 14.4. The highest BCUT2D eigenvalue weighted by atomic mass is 32.2. The highest BCUT2D eigenvalue weighted by Gasteiger charge is 2.24. The van der Waals surface area contributed by atoms with E-state index >= 15 is 0 Å². The summed E-state index contributed by atoms with van der Waals surface area (Å²) in [5, 5.41) is -0.0513. The zero-order chi connectivity index (χ0) is 16.8. The molecule has 1 heterocycles. The first kappa shape index (κ1) is 17.8. The summed E-state index contributed by atoms with van der Waals surface area (Å²) in [4.78, 5) is 28.3. The van der Waals surface area contributed by atoms with Crippen LogP contribution in [0.25, 0.3) is 0 Å². The van der Waals surface area contributed by atoms with Gasteiger partial charge in [0.05, 0.1) is 11.7 Å². The Balaban J connectivity index is 1.92. The first-order valence-corrected chi connectivity index (χ1v) is 9.14. The van der Waals surface area contributed by atoms with Gasteiger partial charge in [0.15, 0.2) is 0 Å². The van der Waals surface area contributed by atoms with E-state index in [-0.39, 0.29) is 29.3 Å². The second-order valence-corrected chi connectivity index (χ2v) is 6.92. The SMILES string of the molecule is CS[C@H](C)C(=O)N1CCCN(C(=O)Cc2cccc(F)c2)CC1. The molecule has 0 N–H and O–H groups in total. The van der Waals surface area contributed by atoms with Gasteiger partial charge in [0.25, 0.3) is 0 Å². The topological polar surface area (TPSA) is 40.6 Å². The molecule has 0 unspecified atom stereocenters. The predicted octanol–water partition coefficient (Wildman–Crippen LogP) is 2.18. The molecule has 1 atom stereocenters. The number of benzene rings is 1. The van der Waals surface area contributed by atoms with Crippen molar-refractivity contribution >= 4 is 23.6 Å². The second-order valence-electron chi connectivity index (χ2n) is 5.74. The molecule has 1 aliphatic heterocycles. The van der Waals surface area contributed by atoms with Gasteiger partial charge in [0.2, 0.25) is 11.8 Å². The molecule has 1 aromatic carbocycles. The maximum absolute atomic E-state index is 13.2. The Hall–Kier alpha value is -1.56. The van der Waals surface area contributed by atoms with Crippen molar-refractivity contribution in [2.24, 2.45) is 0 Å². The van der Waals surface area contributed by atoms with Gasteiger partial charge >= 0.3 is 0 Å². The van der Waals surface area contributed by atoms with Crippen LogP contribution in [-0.2, 0) is 16.0 Å². The van der Waals surface area contributed by atoms with E-state index in [1.54, 1.807) is 17.0 Å². The van der Waals surface area contributed by atoms with Gasteiger partial charge in [-0.15, -0.1) is 0 Å². The van der Waals surface area contributed by atoms with Gasteiger partial charge in [-0.3, -0.25) is 9.59 Å². The summed E-state index contributed by atoms with van der Waals surface area (Å²) < 4.78 is 13.2. The quantitative estimate of drug-likeness (QED) is 0.845. The van der Waals surface area contributed by atoms with Gasteiger partial charge < -0.3 is 9.80 Å². The molecule has 2 rings (SSSR count). The van der Waals surface area contributed by atoms with Crippen LogP contribution in [0, 0.1) is 5.82 Å². The standard InChI is InChI=1S/C17H23FN2O2S/c1-13(23-2)17(22)20-8-4-7-19(9-10-20)16(21)12-14-5-3-6-15(18)11-14/h3,5-6,11,13H,4,7-10,12H2,1-2H3/t13-/m1/s1. The first-order valence-electron chi connectivity index (χ1n) is 7.85. The molecule has 0 radical (unpaired) electrons. The average molecular weight is 338 g/mol. The lowest BCUT2D eigenvalue weighted by Crippen LogP contribution is -2.40. The Morgan fingerprint density at radius 2 is 1.91 bits per heavy atom. The van der Waals surface area contributed by atoms with E-state index in [0.29, 0.717) is 31.7 Å². The summed E-state index contributed by atoms with van der Waals surface area (Å²) in [7, 11) is 0. The highest BCUT2D eigenvalue weighted by Crippen LogP contribution is 2.13. The molecule has 0 bridgehead atoms. The number of halogens is 1. The van der Waals surface area contributed by atoms with Gasteiger partial charge in [-0.05, 0) is 37.3 Å². The number of carbonyl (C=O) groups excluding carboxylic acids is 2. The van der Waals surface area contributed by atoms with Gasteiger partial charge in [0, 0.05) is 26.2 Å². The fourth-order valence-electron chi connectivity index (χ4n) is 2.68. The maximum atomic E-state index is 13.2. The Labute approximate surface area is 141 Å². The Morgan fingerprint density at radius 1 is 1.22 bits per heavy atom. The van der Waals surface area contributed by atoms with E-state index in [2.05, 4.69) is 0 Å². The molecular formula is C17H23FN2O2S. The molecule has 126 valence electrons. The summed E-state index contributed by atoms with van der Waals surface area (Å²) in [5.74, 6) is -0.200. The fourth-order valence-corrected chi connectivity index (χ4v) is 3.03. The Morgan fingerprint density at radius 3 is 2.61 bits per heavy atom. The van der Waals surface area contributed by atoms with Gasteiger partial charge in [0.1, 0.15) is 5.82 Å². The van der Waals surface area contributed by atoms with Crippen LogP contribution in [0.15, 0.2) is 24.3 Å². The van der Waals surface area contributed by atoms with Crippen molar-refractivity contribution in [3.63, 3.8) is 0 Å². The summed E-state index contributed by atoms with van der Waals surface area (Å²) in [5.41, 5.74) is 0.684. The van der Waals surface area contributed by atoms with E-state index in [4.69, 9.17) is 0 Å². The normalized spacial score (nSPS) is 16.8. The number of rotatable bonds is 4. The molecule has 1 aliphatic rings. The highest BCUT2D eigenvalue weighted by molar-refractivity contribution is 7.99. The largest absolute Gasteiger partial charge is 0.341 e. The van der Waals surface area contributed by atoms with Crippen molar-refractivity contribution in [2.45, 2.75) is 25.0 Å². The van der Waals surface area contributed by atoms with Crippen LogP contribution in [0.3, 0.4) is 0 Å².